The number of hydrogen-bond acceptors (Lipinski definition) is 1. The summed E-state index contributed by atoms with van der Waals surface area (Å²) in [4.78, 5) is 3.00. The third-order valence-corrected chi connectivity index (χ3v) is 11.1. The van der Waals surface area contributed by atoms with Crippen molar-refractivity contribution < 1.29 is 0 Å². The van der Waals surface area contributed by atoms with E-state index in [1.165, 1.54) is 257 Å². The van der Waals surface area contributed by atoms with Gasteiger partial charge < -0.3 is 4.90 Å². The minimum absolute atomic E-state index is 0.848. The Balaban J connectivity index is 4.37. The molecule has 0 heterocycles. The van der Waals surface area contributed by atoms with Gasteiger partial charge in [-0.05, 0) is 64.5 Å². The fourth-order valence-electron chi connectivity index (χ4n) is 7.66. The first-order chi connectivity index (χ1) is 23.8. The maximum atomic E-state index is 3.00. The number of allylic oxidation sites excluding steroid dienone is 2. The fourth-order valence-corrected chi connectivity index (χ4v) is 7.66. The van der Waals surface area contributed by atoms with Crippen LogP contribution in [0.25, 0.3) is 0 Å². The number of nitrogens with zero attached hydrogens (tertiary/aromatic N) is 1. The van der Waals surface area contributed by atoms with Crippen molar-refractivity contribution in [3.8, 4) is 0 Å². The molecule has 0 bridgehead atoms. The van der Waals surface area contributed by atoms with Gasteiger partial charge in [-0.2, -0.15) is 0 Å². The van der Waals surface area contributed by atoms with Crippen molar-refractivity contribution in [2.75, 3.05) is 13.1 Å². The molecule has 0 aliphatic heterocycles. The van der Waals surface area contributed by atoms with Crippen LogP contribution in [-0.2, 0) is 0 Å². The number of hydrogen-bond donors (Lipinski definition) is 0. The SMILES string of the molecule is CCCCCCCC/C=C\CCCCCCCCN(CCCCCCCCCCCCCC)C(CCCC)CCCCCCCCCC. The van der Waals surface area contributed by atoms with E-state index in [1.807, 2.05) is 0 Å². The van der Waals surface area contributed by atoms with Crippen LogP contribution in [0.2, 0.25) is 0 Å². The van der Waals surface area contributed by atoms with Crippen LogP contribution in [-0.4, -0.2) is 24.0 Å². The summed E-state index contributed by atoms with van der Waals surface area (Å²) >= 11 is 0. The van der Waals surface area contributed by atoms with E-state index < -0.39 is 0 Å². The van der Waals surface area contributed by atoms with E-state index in [9.17, 15) is 0 Å². The van der Waals surface area contributed by atoms with Crippen molar-refractivity contribution in [1.82, 2.24) is 4.90 Å². The second-order valence-corrected chi connectivity index (χ2v) is 15.9. The van der Waals surface area contributed by atoms with E-state index in [4.69, 9.17) is 0 Å². The van der Waals surface area contributed by atoms with Crippen LogP contribution in [0.15, 0.2) is 12.2 Å². The zero-order chi connectivity index (χ0) is 34.9. The Hall–Kier alpha value is -0.300. The fraction of sp³-hybridized carbons (Fsp3) is 0.957. The van der Waals surface area contributed by atoms with Gasteiger partial charge in [0, 0.05) is 6.04 Å². The van der Waals surface area contributed by atoms with Gasteiger partial charge in [0.05, 0.1) is 0 Å². The Morgan fingerprint density at radius 2 is 0.562 bits per heavy atom. The Kier molecular flexibility index (Phi) is 42.6. The minimum atomic E-state index is 0.848. The Labute approximate surface area is 307 Å². The molecule has 0 fully saturated rings. The maximum absolute atomic E-state index is 3.00. The van der Waals surface area contributed by atoms with E-state index >= 15 is 0 Å². The van der Waals surface area contributed by atoms with Crippen molar-refractivity contribution in [1.29, 1.82) is 0 Å². The van der Waals surface area contributed by atoms with Crippen molar-refractivity contribution >= 4 is 0 Å². The molecule has 1 unspecified atom stereocenters. The largest absolute Gasteiger partial charge is 0.300 e. The topological polar surface area (TPSA) is 3.24 Å². The molecule has 1 heteroatoms. The van der Waals surface area contributed by atoms with Crippen LogP contribution < -0.4 is 0 Å². The highest BCUT2D eigenvalue weighted by molar-refractivity contribution is 4.81. The highest BCUT2D eigenvalue weighted by atomic mass is 15.1. The molecule has 0 saturated heterocycles. The third kappa shape index (κ3) is 37.0. The molecule has 0 rings (SSSR count). The molecular weight excluding hydrogens is 579 g/mol. The first-order valence-electron chi connectivity index (χ1n) is 23.2. The average molecular weight is 674 g/mol. The Morgan fingerprint density at radius 3 is 0.917 bits per heavy atom. The monoisotopic (exact) mass is 674 g/mol. The second kappa shape index (κ2) is 42.9. The molecule has 0 N–H and O–H groups in total. The zero-order valence-corrected chi connectivity index (χ0v) is 34.5. The summed E-state index contributed by atoms with van der Waals surface area (Å²) < 4.78 is 0. The van der Waals surface area contributed by atoms with Gasteiger partial charge in [-0.25, -0.2) is 0 Å². The first-order valence-corrected chi connectivity index (χ1v) is 23.2. The summed E-state index contributed by atoms with van der Waals surface area (Å²) in [6.45, 7) is 12.1. The highest BCUT2D eigenvalue weighted by Crippen LogP contribution is 2.21. The second-order valence-electron chi connectivity index (χ2n) is 15.9. The molecule has 288 valence electrons. The molecule has 0 aromatic rings. The third-order valence-electron chi connectivity index (χ3n) is 11.1. The smallest absolute Gasteiger partial charge is 0.00952 e. The van der Waals surface area contributed by atoms with Crippen molar-refractivity contribution in [3.05, 3.63) is 12.2 Å². The molecule has 0 radical (unpaired) electrons. The lowest BCUT2D eigenvalue weighted by Crippen LogP contribution is -2.37. The van der Waals surface area contributed by atoms with Crippen LogP contribution in [0.5, 0.6) is 0 Å². The van der Waals surface area contributed by atoms with Gasteiger partial charge in [-0.1, -0.05) is 232 Å². The Morgan fingerprint density at radius 1 is 0.292 bits per heavy atom. The summed E-state index contributed by atoms with van der Waals surface area (Å²) in [7, 11) is 0. The summed E-state index contributed by atoms with van der Waals surface area (Å²) in [6.07, 6.45) is 59.4. The summed E-state index contributed by atoms with van der Waals surface area (Å²) in [5.74, 6) is 0. The van der Waals surface area contributed by atoms with Crippen molar-refractivity contribution in [3.63, 3.8) is 0 Å². The predicted octanol–water partition coefficient (Wildman–Crippen LogP) is 17.1. The van der Waals surface area contributed by atoms with Gasteiger partial charge in [-0.3, -0.25) is 0 Å². The molecule has 0 aliphatic rings. The van der Waals surface area contributed by atoms with Crippen molar-refractivity contribution in [2.24, 2.45) is 0 Å². The number of rotatable bonds is 42. The lowest BCUT2D eigenvalue weighted by molar-refractivity contribution is 0.164. The lowest BCUT2D eigenvalue weighted by atomic mass is 9.98. The van der Waals surface area contributed by atoms with Gasteiger partial charge >= 0.3 is 0 Å². The molecule has 48 heavy (non-hydrogen) atoms. The molecule has 0 amide bonds. The van der Waals surface area contributed by atoms with Crippen molar-refractivity contribution in [2.45, 2.75) is 278 Å². The van der Waals surface area contributed by atoms with E-state index in [-0.39, 0.29) is 0 Å². The van der Waals surface area contributed by atoms with Gasteiger partial charge in [0.25, 0.3) is 0 Å². The molecule has 0 spiro atoms. The van der Waals surface area contributed by atoms with Crippen LogP contribution in [0.4, 0.5) is 0 Å². The van der Waals surface area contributed by atoms with Crippen LogP contribution >= 0.6 is 0 Å². The molecule has 0 aromatic carbocycles. The minimum Gasteiger partial charge on any atom is -0.300 e. The van der Waals surface area contributed by atoms with E-state index in [0.717, 1.165) is 6.04 Å². The van der Waals surface area contributed by atoms with Gasteiger partial charge in [0.2, 0.25) is 0 Å². The molecule has 0 aromatic heterocycles. The number of unbranched alkanes of at least 4 members (excludes halogenated alkanes) is 31. The maximum Gasteiger partial charge on any atom is 0.00952 e. The molecule has 0 saturated carbocycles. The summed E-state index contributed by atoms with van der Waals surface area (Å²) in [5.41, 5.74) is 0. The summed E-state index contributed by atoms with van der Waals surface area (Å²) in [5, 5.41) is 0. The summed E-state index contributed by atoms with van der Waals surface area (Å²) in [6, 6.07) is 0.848. The van der Waals surface area contributed by atoms with Gasteiger partial charge in [-0.15, -0.1) is 0 Å². The highest BCUT2D eigenvalue weighted by Gasteiger charge is 2.17. The first kappa shape index (κ1) is 47.7. The van der Waals surface area contributed by atoms with Crippen LogP contribution in [0.3, 0.4) is 0 Å². The molecule has 1 nitrogen and oxygen atoms in total. The average Bonchev–Trinajstić information content (AvgIpc) is 3.10. The standard InChI is InChI=1S/C47H95N/c1-5-9-13-16-19-22-24-26-27-28-29-31-33-36-39-42-46-48(45-41-38-35-32-30-25-23-20-17-14-10-6-2)47(43-12-8-4)44-40-37-34-21-18-15-11-7-3/h26-27,47H,5-25,28-46H2,1-4H3/b27-26-. The lowest BCUT2D eigenvalue weighted by Gasteiger charge is -2.32. The molecule has 1 atom stereocenters. The molecule has 0 aliphatic carbocycles. The quantitative estimate of drug-likeness (QED) is 0.0460. The molecular formula is C47H95N. The van der Waals surface area contributed by atoms with Crippen LogP contribution in [0.1, 0.15) is 272 Å². The van der Waals surface area contributed by atoms with E-state index in [2.05, 4.69) is 44.7 Å². The van der Waals surface area contributed by atoms with Gasteiger partial charge in [0.15, 0.2) is 0 Å². The van der Waals surface area contributed by atoms with E-state index in [0.29, 0.717) is 0 Å². The van der Waals surface area contributed by atoms with Crippen LogP contribution in [0, 0.1) is 0 Å². The van der Waals surface area contributed by atoms with E-state index in [1.54, 1.807) is 0 Å². The van der Waals surface area contributed by atoms with Gasteiger partial charge in [0.1, 0.15) is 0 Å². The Bertz CT molecular complexity index is 582. The normalized spacial score (nSPS) is 12.6. The zero-order valence-electron chi connectivity index (χ0n) is 34.5. The predicted molar refractivity (Wildman–Crippen MR) is 223 cm³/mol.